The minimum Gasteiger partial charge on any atom is -0.460 e. The molecule has 0 aromatic rings. The molecule has 0 saturated carbocycles. The maximum absolute atomic E-state index is 12.8. The van der Waals surface area contributed by atoms with Crippen molar-refractivity contribution >= 4 is 11.9 Å². The first-order valence-electron chi connectivity index (χ1n) is 10.7. The molecule has 1 amide bonds. The quantitative estimate of drug-likeness (QED) is 0.698. The van der Waals surface area contributed by atoms with Gasteiger partial charge in [-0.3, -0.25) is 9.59 Å². The highest BCUT2D eigenvalue weighted by atomic mass is 16.6. The van der Waals surface area contributed by atoms with Gasteiger partial charge >= 0.3 is 5.97 Å². The van der Waals surface area contributed by atoms with E-state index in [1.54, 1.807) is 20.8 Å². The number of hydrogen-bond acceptors (Lipinski definition) is 3. The molecule has 0 rings (SSSR count). The third-order valence-corrected chi connectivity index (χ3v) is 2.36. The van der Waals surface area contributed by atoms with Gasteiger partial charge in [0.1, 0.15) is 5.60 Å². The fraction of sp³-hybridized carbons (Fsp3) is 0.882. The SMILES string of the molecule is [2H]C([2H])([2H])C([2H])(C)C([2H])([2H])[C@@]([2H])(CC(=O)OC(C)(C)C)C(=O)NCCC(C)C. The molecule has 0 bridgehead atoms. The lowest BCUT2D eigenvalue weighted by Gasteiger charge is -2.23. The van der Waals surface area contributed by atoms with E-state index in [4.69, 9.17) is 14.3 Å². The first kappa shape index (κ1) is 10.6. The fourth-order valence-electron chi connectivity index (χ4n) is 1.51. The Labute approximate surface area is 139 Å². The predicted molar refractivity (Wildman–Crippen MR) is 85.9 cm³/mol. The van der Waals surface area contributed by atoms with Crippen molar-refractivity contribution in [3.63, 3.8) is 0 Å². The molecule has 4 nitrogen and oxygen atoms in total. The highest BCUT2D eigenvalue weighted by Crippen LogP contribution is 2.19. The average Bonchev–Trinajstić information content (AvgIpc) is 2.42. The highest BCUT2D eigenvalue weighted by molar-refractivity contribution is 5.83. The third kappa shape index (κ3) is 11.3. The summed E-state index contributed by atoms with van der Waals surface area (Å²) < 4.78 is 60.8. The Bertz CT molecular complexity index is 568. The lowest BCUT2D eigenvalue weighted by atomic mass is 9.93. The molecule has 0 aromatic heterocycles. The Balaban J connectivity index is 6.03. The average molecular weight is 306 g/mol. The van der Waals surface area contributed by atoms with Crippen LogP contribution in [0.1, 0.15) is 77.2 Å². The standard InChI is InChI=1S/C17H33NO3/c1-12(2)8-9-18-16(20)14(10-13(3)4)11-15(19)21-17(5,6)7/h12-14H,8-11H2,1-7H3,(H,18,20)/t14-/m0/s1/i3D3,10D2,13D,14D/t13?,14-. The van der Waals surface area contributed by atoms with Gasteiger partial charge in [0.25, 0.3) is 0 Å². The van der Waals surface area contributed by atoms with Crippen molar-refractivity contribution in [3.05, 3.63) is 0 Å². The van der Waals surface area contributed by atoms with Crippen LogP contribution in [0, 0.1) is 17.7 Å². The number of esters is 1. The summed E-state index contributed by atoms with van der Waals surface area (Å²) in [5, 5.41) is 2.41. The van der Waals surface area contributed by atoms with Crippen LogP contribution in [0.5, 0.6) is 0 Å². The van der Waals surface area contributed by atoms with Crippen molar-refractivity contribution in [1.82, 2.24) is 5.32 Å². The normalized spacial score (nSPS) is 23.9. The zero-order valence-corrected chi connectivity index (χ0v) is 13.9. The number of hydrogen-bond donors (Lipinski definition) is 1. The van der Waals surface area contributed by atoms with Gasteiger partial charge in [-0.15, -0.1) is 0 Å². The molecule has 0 fully saturated rings. The molecule has 0 aliphatic rings. The van der Waals surface area contributed by atoms with E-state index in [2.05, 4.69) is 5.32 Å². The van der Waals surface area contributed by atoms with Crippen molar-refractivity contribution in [2.45, 2.75) is 73.2 Å². The molecule has 124 valence electrons. The molecule has 2 atom stereocenters. The largest absolute Gasteiger partial charge is 0.460 e. The molecular formula is C17H33NO3. The van der Waals surface area contributed by atoms with Gasteiger partial charge in [0.15, 0.2) is 0 Å². The Hall–Kier alpha value is -1.06. The first-order chi connectivity index (χ1) is 12.2. The second kappa shape index (κ2) is 9.06. The lowest BCUT2D eigenvalue weighted by molar-refractivity contribution is -0.157. The molecule has 0 aromatic carbocycles. The summed E-state index contributed by atoms with van der Waals surface area (Å²) in [6, 6.07) is 0. The zero-order valence-electron chi connectivity index (χ0n) is 20.9. The van der Waals surface area contributed by atoms with E-state index in [1.165, 1.54) is 0 Å². The van der Waals surface area contributed by atoms with Gasteiger partial charge in [0, 0.05) is 22.0 Å². The van der Waals surface area contributed by atoms with E-state index in [0.29, 0.717) is 6.42 Å². The van der Waals surface area contributed by atoms with Crippen molar-refractivity contribution in [3.8, 4) is 0 Å². The second-order valence-electron chi connectivity index (χ2n) is 6.43. The first-order valence-corrected chi connectivity index (χ1v) is 7.19. The van der Waals surface area contributed by atoms with Crippen molar-refractivity contribution in [2.24, 2.45) is 17.7 Å². The number of rotatable bonds is 8. The van der Waals surface area contributed by atoms with Gasteiger partial charge in [-0.05, 0) is 45.4 Å². The van der Waals surface area contributed by atoms with Gasteiger partial charge in [0.2, 0.25) is 5.91 Å². The van der Waals surface area contributed by atoms with Crippen LogP contribution in [0.4, 0.5) is 0 Å². The van der Waals surface area contributed by atoms with Crippen molar-refractivity contribution in [2.75, 3.05) is 6.54 Å². The topological polar surface area (TPSA) is 55.4 Å². The third-order valence-electron chi connectivity index (χ3n) is 2.36. The Morgan fingerprint density at radius 3 is 2.43 bits per heavy atom. The van der Waals surface area contributed by atoms with Crippen LogP contribution < -0.4 is 5.32 Å². The van der Waals surface area contributed by atoms with Crippen LogP contribution in [0.2, 0.25) is 0 Å². The summed E-state index contributed by atoms with van der Waals surface area (Å²) in [5.74, 6) is -7.62. The molecule has 0 aliphatic heterocycles. The molecule has 0 saturated heterocycles. The van der Waals surface area contributed by atoms with E-state index in [1.807, 2.05) is 13.8 Å². The Morgan fingerprint density at radius 1 is 1.33 bits per heavy atom. The van der Waals surface area contributed by atoms with Gasteiger partial charge < -0.3 is 10.1 Å². The monoisotopic (exact) mass is 306 g/mol. The molecule has 4 heteroatoms. The maximum Gasteiger partial charge on any atom is 0.307 e. The molecule has 1 N–H and O–H groups in total. The minimum atomic E-state index is -3.19. The predicted octanol–water partition coefficient (Wildman–Crippen LogP) is 3.54. The lowest BCUT2D eigenvalue weighted by Crippen LogP contribution is -2.35. The molecule has 0 heterocycles. The van der Waals surface area contributed by atoms with E-state index < -0.39 is 48.9 Å². The molecular weight excluding hydrogens is 266 g/mol. The summed E-state index contributed by atoms with van der Waals surface area (Å²) in [5.41, 5.74) is -0.937. The van der Waals surface area contributed by atoms with Gasteiger partial charge in [-0.1, -0.05) is 27.6 Å². The van der Waals surface area contributed by atoms with Crippen LogP contribution in [0.15, 0.2) is 0 Å². The number of nitrogens with one attached hydrogen (secondary N) is 1. The van der Waals surface area contributed by atoms with E-state index in [9.17, 15) is 9.59 Å². The minimum absolute atomic E-state index is 0.129. The molecule has 0 radical (unpaired) electrons. The van der Waals surface area contributed by atoms with E-state index in [0.717, 1.165) is 6.92 Å². The summed E-state index contributed by atoms with van der Waals surface area (Å²) >= 11 is 0. The fourth-order valence-corrected chi connectivity index (χ4v) is 1.51. The molecule has 0 aliphatic carbocycles. The van der Waals surface area contributed by atoms with Gasteiger partial charge in [-0.2, -0.15) is 0 Å². The van der Waals surface area contributed by atoms with Crippen LogP contribution in [0.3, 0.4) is 0 Å². The number of carbonyl (C=O) groups is 2. The summed E-state index contributed by atoms with van der Waals surface area (Å²) in [6.45, 7) is 6.35. The Morgan fingerprint density at radius 2 is 1.95 bits per heavy atom. The van der Waals surface area contributed by atoms with Crippen LogP contribution in [-0.2, 0) is 14.3 Å². The molecule has 1 unspecified atom stereocenters. The highest BCUT2D eigenvalue weighted by Gasteiger charge is 2.26. The van der Waals surface area contributed by atoms with Gasteiger partial charge in [-0.25, -0.2) is 0 Å². The van der Waals surface area contributed by atoms with Crippen molar-refractivity contribution < 1.29 is 23.9 Å². The smallest absolute Gasteiger partial charge is 0.307 e. The Kier molecular flexibility index (Phi) is 4.59. The van der Waals surface area contributed by atoms with E-state index in [-0.39, 0.29) is 12.5 Å². The molecule has 0 spiro atoms. The van der Waals surface area contributed by atoms with Crippen LogP contribution in [-0.4, -0.2) is 24.0 Å². The van der Waals surface area contributed by atoms with E-state index >= 15 is 0 Å². The maximum atomic E-state index is 12.8. The number of ether oxygens (including phenoxy) is 1. The number of amides is 1. The summed E-state index contributed by atoms with van der Waals surface area (Å²) in [4.78, 5) is 25.0. The zero-order chi connectivity index (χ0) is 22.8. The summed E-state index contributed by atoms with van der Waals surface area (Å²) in [6.07, 6.45) is -3.66. The van der Waals surface area contributed by atoms with Crippen LogP contribution in [0.25, 0.3) is 0 Å². The second-order valence-corrected chi connectivity index (χ2v) is 6.43. The van der Waals surface area contributed by atoms with Gasteiger partial charge in [0.05, 0.1) is 6.42 Å². The van der Waals surface area contributed by atoms with Crippen molar-refractivity contribution in [1.29, 1.82) is 0 Å². The molecule has 21 heavy (non-hydrogen) atoms. The number of carbonyl (C=O) groups excluding carboxylic acids is 2. The summed E-state index contributed by atoms with van der Waals surface area (Å²) in [7, 11) is 0. The van der Waals surface area contributed by atoms with Crippen LogP contribution >= 0.6 is 0 Å².